The molecule has 132 valence electrons. The SMILES string of the molecule is CCOc1ccc(C(=O)NC(C)(CN)CC(C)C)cc1OC.Cl. The van der Waals surface area contributed by atoms with E-state index in [4.69, 9.17) is 15.2 Å². The number of rotatable bonds is 8. The number of amides is 1. The third kappa shape index (κ3) is 6.28. The zero-order valence-corrected chi connectivity index (χ0v) is 15.5. The maximum atomic E-state index is 12.5. The number of methoxy groups -OCH3 is 1. The van der Waals surface area contributed by atoms with Gasteiger partial charge in [-0.1, -0.05) is 13.8 Å². The Labute approximate surface area is 145 Å². The molecule has 1 rings (SSSR count). The summed E-state index contributed by atoms with van der Waals surface area (Å²) in [6.45, 7) is 9.03. The lowest BCUT2D eigenvalue weighted by molar-refractivity contribution is 0.0898. The van der Waals surface area contributed by atoms with E-state index in [9.17, 15) is 4.79 Å². The quantitative estimate of drug-likeness (QED) is 0.760. The van der Waals surface area contributed by atoms with Crippen molar-refractivity contribution < 1.29 is 14.3 Å². The molecule has 0 aliphatic rings. The Bertz CT molecular complexity index is 509. The second-order valence-corrected chi connectivity index (χ2v) is 6.12. The number of halogens is 1. The topological polar surface area (TPSA) is 73.6 Å². The van der Waals surface area contributed by atoms with E-state index in [1.807, 2.05) is 13.8 Å². The van der Waals surface area contributed by atoms with Crippen molar-refractivity contribution in [2.24, 2.45) is 11.7 Å². The number of ether oxygens (including phenoxy) is 2. The predicted molar refractivity (Wildman–Crippen MR) is 95.8 cm³/mol. The highest BCUT2D eigenvalue weighted by molar-refractivity contribution is 5.95. The van der Waals surface area contributed by atoms with Crippen LogP contribution in [0.2, 0.25) is 0 Å². The molecule has 0 radical (unpaired) electrons. The average molecular weight is 345 g/mol. The third-order valence-corrected chi connectivity index (χ3v) is 3.45. The number of nitrogens with one attached hydrogen (secondary N) is 1. The summed E-state index contributed by atoms with van der Waals surface area (Å²) >= 11 is 0. The van der Waals surface area contributed by atoms with E-state index in [0.29, 0.717) is 36.1 Å². The Kier molecular flexibility index (Phi) is 9.02. The van der Waals surface area contributed by atoms with Gasteiger partial charge in [0.2, 0.25) is 0 Å². The molecule has 0 aromatic heterocycles. The van der Waals surface area contributed by atoms with Gasteiger partial charge in [0.25, 0.3) is 5.91 Å². The molecule has 1 amide bonds. The minimum atomic E-state index is -0.420. The van der Waals surface area contributed by atoms with Crippen LogP contribution in [0.15, 0.2) is 18.2 Å². The molecule has 0 heterocycles. The van der Waals surface area contributed by atoms with Crippen molar-refractivity contribution in [3.8, 4) is 11.5 Å². The largest absolute Gasteiger partial charge is 0.493 e. The Balaban J connectivity index is 0.00000484. The van der Waals surface area contributed by atoms with Crippen LogP contribution in [0.3, 0.4) is 0 Å². The van der Waals surface area contributed by atoms with E-state index in [-0.39, 0.29) is 18.3 Å². The van der Waals surface area contributed by atoms with E-state index < -0.39 is 5.54 Å². The fourth-order valence-electron chi connectivity index (χ4n) is 2.52. The van der Waals surface area contributed by atoms with Crippen molar-refractivity contribution in [2.45, 2.75) is 39.7 Å². The zero-order chi connectivity index (χ0) is 16.8. The first-order chi connectivity index (χ1) is 10.3. The summed E-state index contributed by atoms with van der Waals surface area (Å²) in [4.78, 5) is 12.5. The van der Waals surface area contributed by atoms with Gasteiger partial charge in [-0.25, -0.2) is 0 Å². The van der Waals surface area contributed by atoms with E-state index in [2.05, 4.69) is 19.2 Å². The molecular weight excluding hydrogens is 316 g/mol. The molecule has 0 saturated carbocycles. The van der Waals surface area contributed by atoms with Crippen molar-refractivity contribution in [3.63, 3.8) is 0 Å². The summed E-state index contributed by atoms with van der Waals surface area (Å²) in [5, 5.41) is 3.03. The van der Waals surface area contributed by atoms with Crippen LogP contribution in [0.5, 0.6) is 11.5 Å². The molecule has 1 aromatic rings. The lowest BCUT2D eigenvalue weighted by Gasteiger charge is -2.31. The molecule has 1 unspecified atom stereocenters. The van der Waals surface area contributed by atoms with Crippen LogP contribution >= 0.6 is 12.4 Å². The van der Waals surface area contributed by atoms with Gasteiger partial charge in [0.15, 0.2) is 11.5 Å². The molecule has 5 nitrogen and oxygen atoms in total. The van der Waals surface area contributed by atoms with Crippen LogP contribution in [-0.2, 0) is 0 Å². The molecule has 6 heteroatoms. The van der Waals surface area contributed by atoms with Gasteiger partial charge in [-0.2, -0.15) is 0 Å². The average Bonchev–Trinajstić information content (AvgIpc) is 2.46. The molecule has 1 atom stereocenters. The number of benzene rings is 1. The fourth-order valence-corrected chi connectivity index (χ4v) is 2.52. The first kappa shape index (κ1) is 21.5. The van der Waals surface area contributed by atoms with Gasteiger partial charge in [-0.3, -0.25) is 4.79 Å². The summed E-state index contributed by atoms with van der Waals surface area (Å²) in [7, 11) is 1.56. The Hall–Kier alpha value is -1.46. The van der Waals surface area contributed by atoms with E-state index in [1.54, 1.807) is 25.3 Å². The van der Waals surface area contributed by atoms with Crippen LogP contribution in [0.1, 0.15) is 44.5 Å². The number of carbonyl (C=O) groups is 1. The van der Waals surface area contributed by atoms with Crippen LogP contribution in [0, 0.1) is 5.92 Å². The van der Waals surface area contributed by atoms with Crippen LogP contribution in [-0.4, -0.2) is 31.7 Å². The molecule has 0 saturated heterocycles. The lowest BCUT2D eigenvalue weighted by atomic mass is 9.90. The van der Waals surface area contributed by atoms with Gasteiger partial charge in [-0.05, 0) is 44.4 Å². The maximum absolute atomic E-state index is 12.5. The molecule has 0 fully saturated rings. The van der Waals surface area contributed by atoms with Crippen molar-refractivity contribution in [1.82, 2.24) is 5.32 Å². The molecule has 0 aliphatic heterocycles. The minimum absolute atomic E-state index is 0. The Morgan fingerprint density at radius 3 is 2.48 bits per heavy atom. The lowest BCUT2D eigenvalue weighted by Crippen LogP contribution is -2.52. The van der Waals surface area contributed by atoms with Gasteiger partial charge >= 0.3 is 0 Å². The van der Waals surface area contributed by atoms with E-state index >= 15 is 0 Å². The fraction of sp³-hybridized carbons (Fsp3) is 0.588. The molecular formula is C17H29ClN2O3. The predicted octanol–water partition coefficient (Wildman–Crippen LogP) is 3.01. The summed E-state index contributed by atoms with van der Waals surface area (Å²) in [6.07, 6.45) is 0.823. The maximum Gasteiger partial charge on any atom is 0.251 e. The van der Waals surface area contributed by atoms with Crippen LogP contribution < -0.4 is 20.5 Å². The minimum Gasteiger partial charge on any atom is -0.493 e. The van der Waals surface area contributed by atoms with Crippen molar-refractivity contribution in [2.75, 3.05) is 20.3 Å². The van der Waals surface area contributed by atoms with Gasteiger partial charge < -0.3 is 20.5 Å². The standard InChI is InChI=1S/C17H28N2O3.ClH/c1-6-22-14-8-7-13(9-15(14)21-5)16(20)19-17(4,11-18)10-12(2)3;/h7-9,12H,6,10-11,18H2,1-5H3,(H,19,20);1H. The monoisotopic (exact) mass is 344 g/mol. The van der Waals surface area contributed by atoms with Crippen LogP contribution in [0.25, 0.3) is 0 Å². The van der Waals surface area contributed by atoms with Crippen molar-refractivity contribution >= 4 is 18.3 Å². The van der Waals surface area contributed by atoms with Crippen LogP contribution in [0.4, 0.5) is 0 Å². The second kappa shape index (κ2) is 9.63. The zero-order valence-electron chi connectivity index (χ0n) is 14.6. The van der Waals surface area contributed by atoms with Gasteiger partial charge in [0.05, 0.1) is 13.7 Å². The summed E-state index contributed by atoms with van der Waals surface area (Å²) in [5.41, 5.74) is 5.95. The normalized spacial score (nSPS) is 13.0. The van der Waals surface area contributed by atoms with E-state index in [0.717, 1.165) is 6.42 Å². The highest BCUT2D eigenvalue weighted by atomic mass is 35.5. The molecule has 23 heavy (non-hydrogen) atoms. The Morgan fingerprint density at radius 2 is 2.00 bits per heavy atom. The van der Waals surface area contributed by atoms with Crippen molar-refractivity contribution in [1.29, 1.82) is 0 Å². The number of nitrogens with two attached hydrogens (primary N) is 1. The Morgan fingerprint density at radius 1 is 1.35 bits per heavy atom. The number of carbonyl (C=O) groups excluding carboxylic acids is 1. The highest BCUT2D eigenvalue weighted by Gasteiger charge is 2.26. The molecule has 3 N–H and O–H groups in total. The molecule has 1 aromatic carbocycles. The van der Waals surface area contributed by atoms with Gasteiger partial charge in [0.1, 0.15) is 0 Å². The smallest absolute Gasteiger partial charge is 0.251 e. The first-order valence-corrected chi connectivity index (χ1v) is 7.68. The van der Waals surface area contributed by atoms with Gasteiger partial charge in [-0.15, -0.1) is 12.4 Å². The molecule has 0 bridgehead atoms. The van der Waals surface area contributed by atoms with E-state index in [1.165, 1.54) is 0 Å². The highest BCUT2D eigenvalue weighted by Crippen LogP contribution is 2.28. The first-order valence-electron chi connectivity index (χ1n) is 7.68. The summed E-state index contributed by atoms with van der Waals surface area (Å²) in [5.74, 6) is 1.47. The van der Waals surface area contributed by atoms with Gasteiger partial charge in [0, 0.05) is 17.6 Å². The third-order valence-electron chi connectivity index (χ3n) is 3.45. The van der Waals surface area contributed by atoms with Crippen molar-refractivity contribution in [3.05, 3.63) is 23.8 Å². The summed E-state index contributed by atoms with van der Waals surface area (Å²) < 4.78 is 10.7. The number of hydrogen-bond acceptors (Lipinski definition) is 4. The molecule has 0 aliphatic carbocycles. The summed E-state index contributed by atoms with van der Waals surface area (Å²) in [6, 6.07) is 5.17. The molecule has 0 spiro atoms. The number of hydrogen-bond donors (Lipinski definition) is 2. The second-order valence-electron chi connectivity index (χ2n) is 6.12.